The van der Waals surface area contributed by atoms with Gasteiger partial charge in [-0.25, -0.2) is 4.39 Å². The minimum absolute atomic E-state index is 0.112. The Labute approximate surface area is 128 Å². The molecule has 0 saturated heterocycles. The molecule has 2 aromatic carbocycles. The smallest absolute Gasteiger partial charge is 0.129 e. The Hall–Kier alpha value is -1.25. The van der Waals surface area contributed by atoms with E-state index in [2.05, 4.69) is 0 Å². The number of hydrogen-bond acceptors (Lipinski definition) is 1. The molecule has 20 heavy (non-hydrogen) atoms. The minimum Gasteiger partial charge on any atom is -0.491 e. The maximum absolute atomic E-state index is 13.8. The van der Waals surface area contributed by atoms with Crippen molar-refractivity contribution in [2.45, 2.75) is 25.3 Å². The summed E-state index contributed by atoms with van der Waals surface area (Å²) in [4.78, 5) is 0. The lowest BCUT2D eigenvalue weighted by atomic mass is 10.0. The monoisotopic (exact) mass is 312 g/mol. The Balaban J connectivity index is 2.22. The fourth-order valence-electron chi connectivity index (χ4n) is 1.87. The zero-order valence-electron chi connectivity index (χ0n) is 11.2. The molecule has 0 amide bonds. The zero-order valence-corrected chi connectivity index (χ0v) is 12.8. The molecule has 2 rings (SSSR count). The van der Waals surface area contributed by atoms with Crippen molar-refractivity contribution in [2.75, 3.05) is 0 Å². The second kappa shape index (κ2) is 6.47. The average Bonchev–Trinajstić information content (AvgIpc) is 2.38. The highest BCUT2D eigenvalue weighted by molar-refractivity contribution is 6.30. The fourth-order valence-corrected chi connectivity index (χ4v) is 2.36. The first-order chi connectivity index (χ1) is 9.47. The summed E-state index contributed by atoms with van der Waals surface area (Å²) < 4.78 is 19.4. The van der Waals surface area contributed by atoms with E-state index in [0.717, 1.165) is 11.3 Å². The molecule has 106 valence electrons. The van der Waals surface area contributed by atoms with Crippen LogP contribution in [0, 0.1) is 5.82 Å². The van der Waals surface area contributed by atoms with Crippen LogP contribution in [0.15, 0.2) is 42.5 Å². The molecular formula is C16H15Cl2FO. The summed E-state index contributed by atoms with van der Waals surface area (Å²) in [6.07, 6.45) is 0.112. The van der Waals surface area contributed by atoms with Crippen LogP contribution in [-0.4, -0.2) is 6.10 Å². The van der Waals surface area contributed by atoms with Crippen molar-refractivity contribution in [2.24, 2.45) is 0 Å². The molecule has 0 fully saturated rings. The molecule has 4 heteroatoms. The fraction of sp³-hybridized carbons (Fsp3) is 0.250. The molecule has 1 atom stereocenters. The Morgan fingerprint density at radius 2 is 1.70 bits per heavy atom. The summed E-state index contributed by atoms with van der Waals surface area (Å²) in [5.41, 5.74) is 1.22. The first-order valence-electron chi connectivity index (χ1n) is 6.33. The first kappa shape index (κ1) is 15.1. The van der Waals surface area contributed by atoms with Crippen molar-refractivity contribution in [1.82, 2.24) is 0 Å². The van der Waals surface area contributed by atoms with Gasteiger partial charge in [-0.2, -0.15) is 0 Å². The van der Waals surface area contributed by atoms with Crippen LogP contribution >= 0.6 is 23.2 Å². The van der Waals surface area contributed by atoms with Gasteiger partial charge in [-0.3, -0.25) is 0 Å². The van der Waals surface area contributed by atoms with Gasteiger partial charge in [0.15, 0.2) is 0 Å². The summed E-state index contributed by atoms with van der Waals surface area (Å²) >= 11 is 12.1. The van der Waals surface area contributed by atoms with E-state index in [4.69, 9.17) is 27.9 Å². The van der Waals surface area contributed by atoms with Crippen molar-refractivity contribution < 1.29 is 9.13 Å². The normalized spacial score (nSPS) is 12.5. The second-order valence-corrected chi connectivity index (χ2v) is 5.64. The standard InChI is InChI=1S/C16H15Cl2FO/c1-10(2)20-13-6-3-11(4-7-13)16(18)14-8-5-12(17)9-15(14)19/h3-10,16H,1-2H3. The average molecular weight is 313 g/mol. The first-order valence-corrected chi connectivity index (χ1v) is 7.14. The number of alkyl halides is 1. The van der Waals surface area contributed by atoms with Gasteiger partial charge in [0.05, 0.1) is 11.5 Å². The van der Waals surface area contributed by atoms with Gasteiger partial charge < -0.3 is 4.74 Å². The van der Waals surface area contributed by atoms with Crippen LogP contribution in [0.1, 0.15) is 30.4 Å². The van der Waals surface area contributed by atoms with Crippen molar-refractivity contribution in [3.63, 3.8) is 0 Å². The molecule has 0 saturated carbocycles. The highest BCUT2D eigenvalue weighted by Crippen LogP contribution is 2.32. The number of benzene rings is 2. The molecule has 0 N–H and O–H groups in total. The molecule has 1 nitrogen and oxygen atoms in total. The Bertz CT molecular complexity index is 582. The number of halogens is 3. The summed E-state index contributed by atoms with van der Waals surface area (Å²) in [7, 11) is 0. The molecule has 0 aromatic heterocycles. The van der Waals surface area contributed by atoms with E-state index in [1.807, 2.05) is 38.1 Å². The Morgan fingerprint density at radius 3 is 2.25 bits per heavy atom. The molecular weight excluding hydrogens is 298 g/mol. The van der Waals surface area contributed by atoms with Gasteiger partial charge in [-0.15, -0.1) is 11.6 Å². The molecule has 0 spiro atoms. The lowest BCUT2D eigenvalue weighted by Gasteiger charge is -2.14. The van der Waals surface area contributed by atoms with Crippen LogP contribution in [0.2, 0.25) is 5.02 Å². The highest BCUT2D eigenvalue weighted by Gasteiger charge is 2.15. The molecule has 0 bridgehead atoms. The van der Waals surface area contributed by atoms with Gasteiger partial charge in [-0.1, -0.05) is 29.8 Å². The van der Waals surface area contributed by atoms with E-state index in [9.17, 15) is 4.39 Å². The number of hydrogen-bond donors (Lipinski definition) is 0. The lowest BCUT2D eigenvalue weighted by molar-refractivity contribution is 0.242. The van der Waals surface area contributed by atoms with E-state index in [-0.39, 0.29) is 6.10 Å². The third-order valence-corrected chi connectivity index (χ3v) is 3.50. The van der Waals surface area contributed by atoms with Crippen molar-refractivity contribution in [3.05, 3.63) is 64.4 Å². The number of rotatable bonds is 4. The van der Waals surface area contributed by atoms with Gasteiger partial charge in [0, 0.05) is 10.6 Å². The van der Waals surface area contributed by atoms with Gasteiger partial charge in [0.2, 0.25) is 0 Å². The lowest BCUT2D eigenvalue weighted by Crippen LogP contribution is -2.05. The van der Waals surface area contributed by atoms with Crippen molar-refractivity contribution >= 4 is 23.2 Å². The molecule has 1 unspecified atom stereocenters. The molecule has 0 aliphatic rings. The minimum atomic E-state index is -0.555. The van der Waals surface area contributed by atoms with E-state index in [0.29, 0.717) is 10.6 Å². The molecule has 2 aromatic rings. The largest absolute Gasteiger partial charge is 0.491 e. The maximum atomic E-state index is 13.8. The highest BCUT2D eigenvalue weighted by atomic mass is 35.5. The van der Waals surface area contributed by atoms with Crippen LogP contribution in [-0.2, 0) is 0 Å². The number of ether oxygens (including phenoxy) is 1. The molecule has 0 aliphatic carbocycles. The summed E-state index contributed by atoms with van der Waals surface area (Å²) in [5, 5.41) is -0.198. The van der Waals surface area contributed by atoms with Gasteiger partial charge >= 0.3 is 0 Å². The third-order valence-electron chi connectivity index (χ3n) is 2.78. The van der Waals surface area contributed by atoms with Crippen LogP contribution in [0.25, 0.3) is 0 Å². The van der Waals surface area contributed by atoms with Crippen LogP contribution in [0.4, 0.5) is 4.39 Å². The van der Waals surface area contributed by atoms with E-state index >= 15 is 0 Å². The van der Waals surface area contributed by atoms with Gasteiger partial charge in [0.1, 0.15) is 11.6 Å². The quantitative estimate of drug-likeness (QED) is 0.668. The topological polar surface area (TPSA) is 9.23 Å². The Kier molecular flexibility index (Phi) is 4.90. The molecule has 0 heterocycles. The zero-order chi connectivity index (χ0) is 14.7. The van der Waals surface area contributed by atoms with Crippen molar-refractivity contribution in [1.29, 1.82) is 0 Å². The van der Waals surface area contributed by atoms with E-state index < -0.39 is 11.2 Å². The molecule has 0 aliphatic heterocycles. The maximum Gasteiger partial charge on any atom is 0.129 e. The van der Waals surface area contributed by atoms with Crippen LogP contribution in [0.5, 0.6) is 5.75 Å². The van der Waals surface area contributed by atoms with Gasteiger partial charge in [0.25, 0.3) is 0 Å². The second-order valence-electron chi connectivity index (χ2n) is 4.76. The molecule has 0 radical (unpaired) electrons. The predicted octanol–water partition coefficient (Wildman–Crippen LogP) is 5.59. The van der Waals surface area contributed by atoms with E-state index in [1.165, 1.54) is 6.07 Å². The summed E-state index contributed by atoms with van der Waals surface area (Å²) in [6, 6.07) is 11.8. The summed E-state index contributed by atoms with van der Waals surface area (Å²) in [5.74, 6) is 0.365. The summed E-state index contributed by atoms with van der Waals surface area (Å²) in [6.45, 7) is 3.92. The Morgan fingerprint density at radius 1 is 1.05 bits per heavy atom. The van der Waals surface area contributed by atoms with Crippen molar-refractivity contribution in [3.8, 4) is 5.75 Å². The SMILES string of the molecule is CC(C)Oc1ccc(C(Cl)c2ccc(Cl)cc2F)cc1. The van der Waals surface area contributed by atoms with E-state index in [1.54, 1.807) is 12.1 Å². The van der Waals surface area contributed by atoms with Crippen LogP contribution in [0.3, 0.4) is 0 Å². The van der Waals surface area contributed by atoms with Gasteiger partial charge in [-0.05, 0) is 43.7 Å². The predicted molar refractivity (Wildman–Crippen MR) is 81.3 cm³/mol. The third kappa shape index (κ3) is 3.65. The van der Waals surface area contributed by atoms with Crippen LogP contribution < -0.4 is 4.74 Å².